The van der Waals surface area contributed by atoms with E-state index in [2.05, 4.69) is 61.1 Å². The van der Waals surface area contributed by atoms with E-state index in [1.165, 1.54) is 42.4 Å². The van der Waals surface area contributed by atoms with Crippen LogP contribution in [0.5, 0.6) is 0 Å². The van der Waals surface area contributed by atoms with Gasteiger partial charge in [0, 0.05) is 43.2 Å². The van der Waals surface area contributed by atoms with Crippen LogP contribution in [0.15, 0.2) is 23.6 Å². The molecule has 32 heavy (non-hydrogen) atoms. The van der Waals surface area contributed by atoms with E-state index in [1.54, 1.807) is 11.3 Å². The summed E-state index contributed by atoms with van der Waals surface area (Å²) in [6.45, 7) is 13.6. The highest BCUT2D eigenvalue weighted by Gasteiger charge is 2.37. The van der Waals surface area contributed by atoms with Gasteiger partial charge in [-0.3, -0.25) is 4.90 Å². The van der Waals surface area contributed by atoms with Crippen molar-refractivity contribution in [2.75, 3.05) is 31.1 Å². The third-order valence-electron chi connectivity index (χ3n) is 8.39. The highest BCUT2D eigenvalue weighted by atomic mass is 32.1. The molecule has 2 unspecified atom stereocenters. The quantitative estimate of drug-likeness (QED) is 0.658. The third-order valence-corrected chi connectivity index (χ3v) is 9.29. The molecule has 0 amide bonds. The molecule has 1 aromatic carbocycles. The Morgan fingerprint density at radius 2 is 1.62 bits per heavy atom. The predicted molar refractivity (Wildman–Crippen MR) is 135 cm³/mol. The van der Waals surface area contributed by atoms with Crippen LogP contribution < -0.4 is 4.90 Å². The second-order valence-electron chi connectivity index (χ2n) is 11.5. The number of aliphatic hydroxyl groups excluding tert-OH is 1. The van der Waals surface area contributed by atoms with Gasteiger partial charge in [-0.15, -0.1) is 11.3 Å². The zero-order valence-corrected chi connectivity index (χ0v) is 21.0. The summed E-state index contributed by atoms with van der Waals surface area (Å²) in [4.78, 5) is 10.0. The number of nitrogens with zero attached hydrogens (tertiary/aromatic N) is 3. The lowest BCUT2D eigenvalue weighted by Gasteiger charge is -2.42. The van der Waals surface area contributed by atoms with Crippen LogP contribution in [0.3, 0.4) is 0 Å². The highest BCUT2D eigenvalue weighted by Crippen LogP contribution is 2.47. The molecule has 2 heterocycles. The van der Waals surface area contributed by atoms with Gasteiger partial charge in [-0.2, -0.15) is 0 Å². The van der Waals surface area contributed by atoms with Gasteiger partial charge in [0.05, 0.1) is 11.8 Å². The van der Waals surface area contributed by atoms with E-state index in [9.17, 15) is 5.11 Å². The van der Waals surface area contributed by atoms with Crippen molar-refractivity contribution < 1.29 is 5.11 Å². The minimum Gasteiger partial charge on any atom is -0.391 e. The number of hydrogen-bond acceptors (Lipinski definition) is 5. The molecule has 2 aliphatic carbocycles. The zero-order chi connectivity index (χ0) is 22.5. The SMILES string of the molecule is CC1(C)CCC(C)(C)c2cc(-c3csc(N4CCN(C5CCCCC5O)CC4)n3)ccc21. The average Bonchev–Trinajstić information content (AvgIpc) is 3.28. The Kier molecular flexibility index (Phi) is 5.88. The Balaban J connectivity index is 1.31. The van der Waals surface area contributed by atoms with Crippen molar-refractivity contribution >= 4 is 16.5 Å². The molecule has 2 atom stereocenters. The first kappa shape index (κ1) is 22.4. The maximum absolute atomic E-state index is 10.4. The summed E-state index contributed by atoms with van der Waals surface area (Å²) < 4.78 is 0. The smallest absolute Gasteiger partial charge is 0.185 e. The van der Waals surface area contributed by atoms with Crippen molar-refractivity contribution in [1.29, 1.82) is 0 Å². The normalized spacial score (nSPS) is 27.8. The molecule has 1 N–H and O–H groups in total. The summed E-state index contributed by atoms with van der Waals surface area (Å²) in [5, 5.41) is 13.8. The zero-order valence-electron chi connectivity index (χ0n) is 20.2. The number of benzene rings is 1. The van der Waals surface area contributed by atoms with Crippen molar-refractivity contribution in [1.82, 2.24) is 9.88 Å². The second kappa shape index (κ2) is 8.41. The first-order valence-corrected chi connectivity index (χ1v) is 13.4. The lowest BCUT2D eigenvalue weighted by molar-refractivity contribution is 0.0173. The minimum absolute atomic E-state index is 0.139. The molecule has 4 nitrogen and oxygen atoms in total. The summed E-state index contributed by atoms with van der Waals surface area (Å²) in [5.41, 5.74) is 5.84. The summed E-state index contributed by atoms with van der Waals surface area (Å²) in [7, 11) is 0. The van der Waals surface area contributed by atoms with E-state index in [1.807, 2.05) is 0 Å². The predicted octanol–water partition coefficient (Wildman–Crippen LogP) is 5.58. The summed E-state index contributed by atoms with van der Waals surface area (Å²) >= 11 is 1.77. The first-order chi connectivity index (χ1) is 15.2. The van der Waals surface area contributed by atoms with Crippen molar-refractivity contribution in [3.8, 4) is 11.3 Å². The Morgan fingerprint density at radius 3 is 2.34 bits per heavy atom. The molecule has 5 heteroatoms. The maximum atomic E-state index is 10.4. The van der Waals surface area contributed by atoms with Gasteiger partial charge in [-0.1, -0.05) is 52.7 Å². The van der Waals surface area contributed by atoms with Crippen LogP contribution in [-0.4, -0.2) is 53.3 Å². The number of hydrogen-bond donors (Lipinski definition) is 1. The highest BCUT2D eigenvalue weighted by molar-refractivity contribution is 7.14. The number of fused-ring (bicyclic) bond motifs is 1. The number of aromatic nitrogens is 1. The maximum Gasteiger partial charge on any atom is 0.185 e. The van der Waals surface area contributed by atoms with Crippen LogP contribution in [0, 0.1) is 0 Å². The Hall–Kier alpha value is -1.43. The summed E-state index contributed by atoms with van der Waals surface area (Å²) in [6.07, 6.45) is 6.89. The fraction of sp³-hybridized carbons (Fsp3) is 0.667. The van der Waals surface area contributed by atoms with E-state index in [0.717, 1.165) is 49.8 Å². The molecule has 1 saturated carbocycles. The molecule has 2 fully saturated rings. The number of piperazine rings is 1. The summed E-state index contributed by atoms with van der Waals surface area (Å²) in [5.74, 6) is 0. The second-order valence-corrected chi connectivity index (χ2v) is 12.3. The van der Waals surface area contributed by atoms with Crippen LogP contribution >= 0.6 is 11.3 Å². The van der Waals surface area contributed by atoms with Crippen molar-refractivity contribution in [2.45, 2.75) is 89.2 Å². The summed E-state index contributed by atoms with van der Waals surface area (Å²) in [6, 6.07) is 7.42. The molecule has 1 aliphatic heterocycles. The van der Waals surface area contributed by atoms with Crippen molar-refractivity contribution in [2.24, 2.45) is 0 Å². The van der Waals surface area contributed by atoms with Crippen molar-refractivity contribution in [3.05, 3.63) is 34.7 Å². The van der Waals surface area contributed by atoms with E-state index in [4.69, 9.17) is 4.98 Å². The first-order valence-electron chi connectivity index (χ1n) is 12.5. The number of rotatable bonds is 3. The third kappa shape index (κ3) is 4.12. The van der Waals surface area contributed by atoms with Gasteiger partial charge in [0.1, 0.15) is 0 Å². The molecule has 1 saturated heterocycles. The van der Waals surface area contributed by atoms with E-state index in [-0.39, 0.29) is 16.9 Å². The number of anilines is 1. The van der Waals surface area contributed by atoms with Gasteiger partial charge in [-0.25, -0.2) is 4.98 Å². The molecule has 3 aliphatic rings. The lowest BCUT2D eigenvalue weighted by atomic mass is 9.63. The van der Waals surface area contributed by atoms with Crippen LogP contribution in [0.25, 0.3) is 11.3 Å². The number of thiazole rings is 1. The van der Waals surface area contributed by atoms with Crippen LogP contribution in [0.1, 0.15) is 77.3 Å². The van der Waals surface area contributed by atoms with Crippen LogP contribution in [0.4, 0.5) is 5.13 Å². The Bertz CT molecular complexity index is 958. The molecule has 0 radical (unpaired) electrons. The van der Waals surface area contributed by atoms with E-state index in [0.29, 0.717) is 6.04 Å². The van der Waals surface area contributed by atoms with Gasteiger partial charge in [0.15, 0.2) is 5.13 Å². The van der Waals surface area contributed by atoms with Crippen LogP contribution in [-0.2, 0) is 10.8 Å². The van der Waals surface area contributed by atoms with Crippen LogP contribution in [0.2, 0.25) is 0 Å². The molecule has 0 spiro atoms. The molecular weight excluding hydrogens is 414 g/mol. The lowest BCUT2D eigenvalue weighted by Crippen LogP contribution is -2.54. The van der Waals surface area contributed by atoms with Gasteiger partial charge < -0.3 is 10.0 Å². The van der Waals surface area contributed by atoms with E-state index >= 15 is 0 Å². The average molecular weight is 454 g/mol. The van der Waals surface area contributed by atoms with E-state index < -0.39 is 0 Å². The topological polar surface area (TPSA) is 39.6 Å². The number of aliphatic hydroxyl groups is 1. The largest absolute Gasteiger partial charge is 0.391 e. The molecule has 1 aromatic heterocycles. The monoisotopic (exact) mass is 453 g/mol. The fourth-order valence-corrected chi connectivity index (χ4v) is 6.94. The molecule has 174 valence electrons. The van der Waals surface area contributed by atoms with Gasteiger partial charge in [0.25, 0.3) is 0 Å². The minimum atomic E-state index is -0.139. The Morgan fingerprint density at radius 1 is 0.938 bits per heavy atom. The van der Waals surface area contributed by atoms with Gasteiger partial charge in [-0.05, 0) is 53.7 Å². The van der Waals surface area contributed by atoms with Gasteiger partial charge in [0.2, 0.25) is 0 Å². The standard InChI is InChI=1S/C27H39N3OS/c1-26(2)11-12-27(3,4)21-17-19(9-10-20(21)26)22-18-32-25(28-22)30-15-13-29(14-16-30)23-7-5-6-8-24(23)31/h9-10,17-18,23-24,31H,5-8,11-16H2,1-4H3. The van der Waals surface area contributed by atoms with Crippen molar-refractivity contribution in [3.63, 3.8) is 0 Å². The fourth-order valence-electron chi connectivity index (χ4n) is 6.05. The molecule has 5 rings (SSSR count). The molecular formula is C27H39N3OS. The molecule has 2 aromatic rings. The van der Waals surface area contributed by atoms with Gasteiger partial charge >= 0.3 is 0 Å². The molecule has 0 bridgehead atoms. The Labute approximate surface area is 197 Å².